The first-order valence-corrected chi connectivity index (χ1v) is 8.81. The number of benzene rings is 1. The SMILES string of the molecule is CC1CCCCN1S(=O)(=O)c1cc(Br)cc(CN)c1F. The first-order chi connectivity index (χ1) is 9.37. The smallest absolute Gasteiger partial charge is 0.246 e. The lowest BCUT2D eigenvalue weighted by Crippen LogP contribution is -2.42. The summed E-state index contributed by atoms with van der Waals surface area (Å²) in [6, 6.07) is 2.72. The lowest BCUT2D eigenvalue weighted by Gasteiger charge is -2.32. The van der Waals surface area contributed by atoms with Crippen molar-refractivity contribution in [2.45, 2.75) is 43.7 Å². The van der Waals surface area contributed by atoms with Crippen LogP contribution in [0.1, 0.15) is 31.7 Å². The molecule has 1 saturated heterocycles. The van der Waals surface area contributed by atoms with Gasteiger partial charge in [-0.05, 0) is 31.9 Å². The maximum Gasteiger partial charge on any atom is 0.246 e. The van der Waals surface area contributed by atoms with E-state index in [0.29, 0.717) is 11.0 Å². The molecular formula is C13H18BrFN2O2S. The molecular weight excluding hydrogens is 347 g/mol. The third-order valence-corrected chi connectivity index (χ3v) is 6.10. The van der Waals surface area contributed by atoms with Gasteiger partial charge in [-0.1, -0.05) is 22.4 Å². The van der Waals surface area contributed by atoms with Crippen LogP contribution in [0.5, 0.6) is 0 Å². The van der Waals surface area contributed by atoms with E-state index >= 15 is 0 Å². The molecule has 112 valence electrons. The average Bonchev–Trinajstić information content (AvgIpc) is 2.41. The number of hydrogen-bond donors (Lipinski definition) is 1. The van der Waals surface area contributed by atoms with Gasteiger partial charge in [0.05, 0.1) is 0 Å². The number of piperidine rings is 1. The molecule has 2 rings (SSSR count). The van der Waals surface area contributed by atoms with Crippen LogP contribution in [0, 0.1) is 5.82 Å². The zero-order valence-electron chi connectivity index (χ0n) is 11.3. The highest BCUT2D eigenvalue weighted by molar-refractivity contribution is 9.10. The molecule has 0 bridgehead atoms. The van der Waals surface area contributed by atoms with Crippen LogP contribution >= 0.6 is 15.9 Å². The van der Waals surface area contributed by atoms with Crippen molar-refractivity contribution >= 4 is 26.0 Å². The molecule has 1 aliphatic rings. The summed E-state index contributed by atoms with van der Waals surface area (Å²) in [6.45, 7) is 2.26. The number of nitrogens with zero attached hydrogens (tertiary/aromatic N) is 1. The van der Waals surface area contributed by atoms with E-state index in [1.807, 2.05) is 6.92 Å². The largest absolute Gasteiger partial charge is 0.326 e. The second-order valence-electron chi connectivity index (χ2n) is 5.04. The molecule has 0 aromatic heterocycles. The van der Waals surface area contributed by atoms with Crippen LogP contribution in [0.4, 0.5) is 4.39 Å². The number of rotatable bonds is 3. The predicted octanol–water partition coefficient (Wildman–Crippen LogP) is 2.61. The summed E-state index contributed by atoms with van der Waals surface area (Å²) in [5.74, 6) is -0.742. The lowest BCUT2D eigenvalue weighted by atomic mass is 10.1. The average molecular weight is 365 g/mol. The first kappa shape index (κ1) is 15.9. The van der Waals surface area contributed by atoms with E-state index in [-0.39, 0.29) is 23.0 Å². The molecule has 2 N–H and O–H groups in total. The summed E-state index contributed by atoms with van der Waals surface area (Å²) in [4.78, 5) is -0.291. The molecule has 4 nitrogen and oxygen atoms in total. The summed E-state index contributed by atoms with van der Waals surface area (Å²) < 4.78 is 41.6. The highest BCUT2D eigenvalue weighted by atomic mass is 79.9. The highest BCUT2D eigenvalue weighted by Crippen LogP contribution is 2.30. The molecule has 0 aliphatic carbocycles. The molecule has 1 aromatic rings. The van der Waals surface area contributed by atoms with E-state index in [9.17, 15) is 12.8 Å². The fourth-order valence-corrected chi connectivity index (χ4v) is 5.00. The third kappa shape index (κ3) is 2.90. The van der Waals surface area contributed by atoms with Crippen molar-refractivity contribution in [3.8, 4) is 0 Å². The van der Waals surface area contributed by atoms with Gasteiger partial charge < -0.3 is 5.73 Å². The zero-order valence-corrected chi connectivity index (χ0v) is 13.7. The summed E-state index contributed by atoms with van der Waals surface area (Å²) >= 11 is 3.21. The minimum Gasteiger partial charge on any atom is -0.326 e. The van der Waals surface area contributed by atoms with Crippen LogP contribution in [0.15, 0.2) is 21.5 Å². The quantitative estimate of drug-likeness (QED) is 0.896. The van der Waals surface area contributed by atoms with E-state index in [4.69, 9.17) is 5.73 Å². The van der Waals surface area contributed by atoms with Crippen LogP contribution < -0.4 is 5.73 Å². The van der Waals surface area contributed by atoms with Crippen molar-refractivity contribution in [1.82, 2.24) is 4.31 Å². The van der Waals surface area contributed by atoms with Crippen LogP contribution in [0.25, 0.3) is 0 Å². The third-order valence-electron chi connectivity index (χ3n) is 3.63. The molecule has 1 aromatic carbocycles. The Morgan fingerprint density at radius 3 is 2.75 bits per heavy atom. The Hall–Kier alpha value is -0.500. The van der Waals surface area contributed by atoms with Crippen molar-refractivity contribution in [2.75, 3.05) is 6.54 Å². The number of hydrogen-bond acceptors (Lipinski definition) is 3. The molecule has 1 aliphatic heterocycles. The Bertz CT molecular complexity index is 607. The van der Waals surface area contributed by atoms with Gasteiger partial charge in [-0.15, -0.1) is 0 Å². The Kier molecular flexibility index (Phi) is 4.84. The Morgan fingerprint density at radius 1 is 1.45 bits per heavy atom. The second kappa shape index (κ2) is 6.09. The van der Waals surface area contributed by atoms with Gasteiger partial charge in [0, 0.05) is 29.2 Å². The normalized spacial score (nSPS) is 21.1. The van der Waals surface area contributed by atoms with Crippen LogP contribution in [0.3, 0.4) is 0 Å². The Morgan fingerprint density at radius 2 is 2.15 bits per heavy atom. The van der Waals surface area contributed by atoms with E-state index in [1.54, 1.807) is 0 Å². The molecule has 1 fully saturated rings. The predicted molar refractivity (Wildman–Crippen MR) is 79.2 cm³/mol. The van der Waals surface area contributed by atoms with Gasteiger partial charge in [0.25, 0.3) is 0 Å². The summed E-state index contributed by atoms with van der Waals surface area (Å²) in [7, 11) is -3.82. The maximum absolute atomic E-state index is 14.3. The van der Waals surface area contributed by atoms with E-state index in [2.05, 4.69) is 15.9 Å². The van der Waals surface area contributed by atoms with Gasteiger partial charge in [0.15, 0.2) is 0 Å². The van der Waals surface area contributed by atoms with E-state index in [1.165, 1.54) is 16.4 Å². The molecule has 1 unspecified atom stereocenters. The van der Waals surface area contributed by atoms with Crippen LogP contribution in [-0.2, 0) is 16.6 Å². The van der Waals surface area contributed by atoms with Crippen LogP contribution in [-0.4, -0.2) is 25.3 Å². The number of nitrogens with two attached hydrogens (primary N) is 1. The maximum atomic E-state index is 14.3. The molecule has 1 atom stereocenters. The van der Waals surface area contributed by atoms with Gasteiger partial charge in [-0.25, -0.2) is 12.8 Å². The molecule has 1 heterocycles. The van der Waals surface area contributed by atoms with Gasteiger partial charge in [0.1, 0.15) is 10.7 Å². The number of halogens is 2. The Balaban J connectivity index is 2.51. The summed E-state index contributed by atoms with van der Waals surface area (Å²) in [5, 5.41) is 0. The number of sulfonamides is 1. The highest BCUT2D eigenvalue weighted by Gasteiger charge is 2.33. The monoisotopic (exact) mass is 364 g/mol. The summed E-state index contributed by atoms with van der Waals surface area (Å²) in [6.07, 6.45) is 2.61. The van der Waals surface area contributed by atoms with Gasteiger partial charge in [-0.2, -0.15) is 4.31 Å². The van der Waals surface area contributed by atoms with Crippen LogP contribution in [0.2, 0.25) is 0 Å². The molecule has 0 radical (unpaired) electrons. The molecule has 20 heavy (non-hydrogen) atoms. The van der Waals surface area contributed by atoms with Gasteiger partial charge in [-0.3, -0.25) is 0 Å². The molecule has 0 amide bonds. The van der Waals surface area contributed by atoms with E-state index < -0.39 is 15.8 Å². The second-order valence-corrected chi connectivity index (χ2v) is 7.82. The van der Waals surface area contributed by atoms with Crippen molar-refractivity contribution in [2.24, 2.45) is 5.73 Å². The van der Waals surface area contributed by atoms with Crippen molar-refractivity contribution in [1.29, 1.82) is 0 Å². The van der Waals surface area contributed by atoms with Crippen molar-refractivity contribution in [3.63, 3.8) is 0 Å². The molecule has 0 spiro atoms. The summed E-state index contributed by atoms with van der Waals surface area (Å²) in [5.41, 5.74) is 5.67. The minimum atomic E-state index is -3.82. The molecule has 7 heteroatoms. The molecule has 0 saturated carbocycles. The van der Waals surface area contributed by atoms with Gasteiger partial charge in [0.2, 0.25) is 10.0 Å². The fourth-order valence-electron chi connectivity index (χ4n) is 2.51. The van der Waals surface area contributed by atoms with E-state index in [0.717, 1.165) is 19.3 Å². The zero-order chi connectivity index (χ0) is 14.9. The van der Waals surface area contributed by atoms with Gasteiger partial charge >= 0.3 is 0 Å². The minimum absolute atomic E-state index is 0.0383. The van der Waals surface area contributed by atoms with Crippen molar-refractivity contribution < 1.29 is 12.8 Å². The Labute approximate surface area is 127 Å². The first-order valence-electron chi connectivity index (χ1n) is 6.57. The fraction of sp³-hybridized carbons (Fsp3) is 0.538. The lowest BCUT2D eigenvalue weighted by molar-refractivity contribution is 0.268. The standard InChI is InChI=1S/C13H18BrFN2O2S/c1-9-4-2-3-5-17(9)20(18,19)12-7-11(14)6-10(8-16)13(12)15/h6-7,9H,2-5,8,16H2,1H3. The van der Waals surface area contributed by atoms with Crippen molar-refractivity contribution in [3.05, 3.63) is 28.0 Å². The topological polar surface area (TPSA) is 63.4 Å².